The molecule has 8 aromatic rings. The van der Waals surface area contributed by atoms with Gasteiger partial charge in [0.2, 0.25) is 0 Å². The first-order valence-corrected chi connectivity index (χ1v) is 15.5. The first-order valence-electron chi connectivity index (χ1n) is 15.5. The number of benzene rings is 7. The van der Waals surface area contributed by atoms with Crippen molar-refractivity contribution in [2.45, 2.75) is 19.3 Å². The Hall–Kier alpha value is -5.40. The zero-order valence-electron chi connectivity index (χ0n) is 24.9. The molecule has 1 aromatic heterocycles. The molecule has 0 bridgehead atoms. The molecule has 0 spiro atoms. The topological polar surface area (TPSA) is 4.93 Å². The molecular weight excluding hydrogens is 530 g/mol. The Labute approximate surface area is 257 Å². The van der Waals surface area contributed by atoms with Gasteiger partial charge in [-0.2, -0.15) is 0 Å². The van der Waals surface area contributed by atoms with Crippen molar-refractivity contribution < 1.29 is 0 Å². The van der Waals surface area contributed by atoms with Crippen molar-refractivity contribution in [3.8, 4) is 39.1 Å². The van der Waals surface area contributed by atoms with Crippen LogP contribution in [-0.2, 0) is 5.41 Å². The molecule has 1 heteroatoms. The maximum absolute atomic E-state index is 2.51. The number of para-hydroxylation sites is 1. The van der Waals surface area contributed by atoms with Gasteiger partial charge in [-0.25, -0.2) is 0 Å². The van der Waals surface area contributed by atoms with E-state index in [0.29, 0.717) is 0 Å². The number of aromatic nitrogens is 1. The highest BCUT2D eigenvalue weighted by molar-refractivity contribution is 6.20. The Bertz CT molecular complexity index is 2330. The van der Waals surface area contributed by atoms with Gasteiger partial charge in [0.15, 0.2) is 0 Å². The van der Waals surface area contributed by atoms with E-state index in [1.165, 1.54) is 82.8 Å². The minimum atomic E-state index is -0.0797. The Kier molecular flexibility index (Phi) is 5.31. The van der Waals surface area contributed by atoms with Crippen LogP contribution in [0.4, 0.5) is 0 Å². The molecule has 0 radical (unpaired) electrons. The first-order chi connectivity index (χ1) is 21.6. The van der Waals surface area contributed by atoms with Crippen LogP contribution in [0, 0.1) is 0 Å². The third-order valence-electron chi connectivity index (χ3n) is 9.74. The van der Waals surface area contributed by atoms with Crippen LogP contribution in [0.5, 0.6) is 0 Å². The van der Waals surface area contributed by atoms with E-state index in [2.05, 4.69) is 170 Å². The predicted octanol–water partition coefficient (Wildman–Crippen LogP) is 11.6. The minimum absolute atomic E-state index is 0.0797. The second-order valence-corrected chi connectivity index (χ2v) is 12.6. The summed E-state index contributed by atoms with van der Waals surface area (Å²) < 4.78 is 2.51. The van der Waals surface area contributed by atoms with Gasteiger partial charge in [-0.15, -0.1) is 0 Å². The van der Waals surface area contributed by atoms with Gasteiger partial charge in [0.25, 0.3) is 0 Å². The van der Waals surface area contributed by atoms with Crippen molar-refractivity contribution in [1.29, 1.82) is 0 Å². The average Bonchev–Trinajstić information content (AvgIpc) is 3.55. The Morgan fingerprint density at radius 3 is 1.73 bits per heavy atom. The molecule has 1 aliphatic rings. The van der Waals surface area contributed by atoms with Crippen LogP contribution in [0.15, 0.2) is 152 Å². The molecule has 0 unspecified atom stereocenters. The molecule has 0 atom stereocenters. The Morgan fingerprint density at radius 1 is 0.432 bits per heavy atom. The Balaban J connectivity index is 1.40. The highest BCUT2D eigenvalue weighted by Crippen LogP contribution is 2.52. The van der Waals surface area contributed by atoms with Crippen LogP contribution in [-0.4, -0.2) is 4.57 Å². The van der Waals surface area contributed by atoms with Gasteiger partial charge in [0.1, 0.15) is 0 Å². The summed E-state index contributed by atoms with van der Waals surface area (Å²) in [5.74, 6) is 0. The van der Waals surface area contributed by atoms with Crippen molar-refractivity contribution >= 4 is 32.6 Å². The highest BCUT2D eigenvalue weighted by atomic mass is 15.0. The van der Waals surface area contributed by atoms with E-state index in [0.717, 1.165) is 0 Å². The highest BCUT2D eigenvalue weighted by Gasteiger charge is 2.37. The normalized spacial score (nSPS) is 13.4. The van der Waals surface area contributed by atoms with E-state index < -0.39 is 0 Å². The van der Waals surface area contributed by atoms with Crippen LogP contribution in [0.3, 0.4) is 0 Å². The molecule has 44 heavy (non-hydrogen) atoms. The summed E-state index contributed by atoms with van der Waals surface area (Å²) >= 11 is 0. The lowest BCUT2D eigenvalue weighted by Crippen LogP contribution is -2.15. The van der Waals surface area contributed by atoms with Crippen molar-refractivity contribution in [2.24, 2.45) is 0 Å². The van der Waals surface area contributed by atoms with E-state index in [4.69, 9.17) is 0 Å². The van der Waals surface area contributed by atoms with Crippen LogP contribution in [0.2, 0.25) is 0 Å². The molecule has 1 heterocycles. The number of nitrogens with zero attached hydrogens (tertiary/aromatic N) is 1. The van der Waals surface area contributed by atoms with E-state index in [1.54, 1.807) is 0 Å². The zero-order valence-corrected chi connectivity index (χ0v) is 24.9. The molecule has 7 aromatic carbocycles. The maximum atomic E-state index is 2.51. The smallest absolute Gasteiger partial charge is 0.0619 e. The summed E-state index contributed by atoms with van der Waals surface area (Å²) in [4.78, 5) is 0. The predicted molar refractivity (Wildman–Crippen MR) is 187 cm³/mol. The van der Waals surface area contributed by atoms with Crippen LogP contribution >= 0.6 is 0 Å². The van der Waals surface area contributed by atoms with E-state index in [9.17, 15) is 0 Å². The van der Waals surface area contributed by atoms with Crippen LogP contribution in [0.25, 0.3) is 71.6 Å². The molecule has 0 aliphatic heterocycles. The van der Waals surface area contributed by atoms with E-state index in [1.807, 2.05) is 0 Å². The standard InChI is InChI=1S/C43H31N/c1-43(2)39-19-11-9-17-33(39)35-21-24-38-36(41(35)43)22-23-37-34-18-10-12-20-40(34)44(42(37)38)32-26-30(28-13-5-3-6-14-28)25-31(27-32)29-15-7-4-8-16-29/h3-27H,1-2H3. The van der Waals surface area contributed by atoms with Crippen molar-refractivity contribution in [2.75, 3.05) is 0 Å². The van der Waals surface area contributed by atoms with Gasteiger partial charge < -0.3 is 4.57 Å². The lowest BCUT2D eigenvalue weighted by Gasteiger charge is -2.23. The SMILES string of the molecule is CC1(C)c2ccccc2-c2ccc3c(ccc4c5ccccc5n(-c5cc(-c6ccccc6)cc(-c6ccccc6)c5)c34)c21. The summed E-state index contributed by atoms with van der Waals surface area (Å²) in [6.45, 7) is 4.76. The summed E-state index contributed by atoms with van der Waals surface area (Å²) in [6, 6.07) is 55.8. The van der Waals surface area contributed by atoms with Crippen molar-refractivity contribution in [1.82, 2.24) is 4.57 Å². The third kappa shape index (κ3) is 3.53. The van der Waals surface area contributed by atoms with E-state index >= 15 is 0 Å². The minimum Gasteiger partial charge on any atom is -0.309 e. The summed E-state index contributed by atoms with van der Waals surface area (Å²) in [6.07, 6.45) is 0. The number of fused-ring (bicyclic) bond motifs is 9. The lowest BCUT2D eigenvalue weighted by atomic mass is 9.80. The Morgan fingerprint density at radius 2 is 1.00 bits per heavy atom. The van der Waals surface area contributed by atoms with Gasteiger partial charge in [-0.05, 0) is 74.2 Å². The fraction of sp³-hybridized carbons (Fsp3) is 0.0698. The molecule has 0 saturated carbocycles. The van der Waals surface area contributed by atoms with Crippen molar-refractivity contribution in [3.05, 3.63) is 163 Å². The summed E-state index contributed by atoms with van der Waals surface area (Å²) in [7, 11) is 0. The molecule has 208 valence electrons. The molecule has 0 fully saturated rings. The number of rotatable bonds is 3. The fourth-order valence-electron chi connectivity index (χ4n) is 7.76. The molecular formula is C43H31N. The second kappa shape index (κ2) is 9.30. The van der Waals surface area contributed by atoms with Crippen LogP contribution < -0.4 is 0 Å². The fourth-order valence-corrected chi connectivity index (χ4v) is 7.76. The molecule has 9 rings (SSSR count). The third-order valence-corrected chi connectivity index (χ3v) is 9.74. The molecule has 1 nitrogen and oxygen atoms in total. The summed E-state index contributed by atoms with van der Waals surface area (Å²) in [5, 5.41) is 5.19. The quantitative estimate of drug-likeness (QED) is 0.202. The molecule has 0 amide bonds. The average molecular weight is 562 g/mol. The van der Waals surface area contributed by atoms with Crippen LogP contribution in [0.1, 0.15) is 25.0 Å². The second-order valence-electron chi connectivity index (χ2n) is 12.6. The number of hydrogen-bond donors (Lipinski definition) is 0. The lowest BCUT2D eigenvalue weighted by molar-refractivity contribution is 0.666. The monoisotopic (exact) mass is 561 g/mol. The van der Waals surface area contributed by atoms with Crippen molar-refractivity contribution in [3.63, 3.8) is 0 Å². The summed E-state index contributed by atoms with van der Waals surface area (Å²) in [5.41, 5.74) is 14.0. The molecule has 0 N–H and O–H groups in total. The van der Waals surface area contributed by atoms with Gasteiger partial charge >= 0.3 is 0 Å². The molecule has 1 aliphatic carbocycles. The van der Waals surface area contributed by atoms with E-state index in [-0.39, 0.29) is 5.41 Å². The van der Waals surface area contributed by atoms with Gasteiger partial charge in [0.05, 0.1) is 11.0 Å². The molecule has 0 saturated heterocycles. The van der Waals surface area contributed by atoms with Gasteiger partial charge in [-0.1, -0.05) is 141 Å². The number of hydrogen-bond acceptors (Lipinski definition) is 0. The van der Waals surface area contributed by atoms with Gasteiger partial charge in [0, 0.05) is 27.3 Å². The largest absolute Gasteiger partial charge is 0.309 e. The van der Waals surface area contributed by atoms with Gasteiger partial charge in [-0.3, -0.25) is 0 Å². The first kappa shape index (κ1) is 25.1. The zero-order chi connectivity index (χ0) is 29.4. The maximum Gasteiger partial charge on any atom is 0.0619 e.